The summed E-state index contributed by atoms with van der Waals surface area (Å²) in [6.45, 7) is 7.06. The van der Waals surface area contributed by atoms with Crippen LogP contribution in [-0.2, 0) is 4.79 Å². The van der Waals surface area contributed by atoms with Crippen molar-refractivity contribution in [1.29, 1.82) is 0 Å². The van der Waals surface area contributed by atoms with Crippen LogP contribution in [0, 0.1) is 6.92 Å². The lowest BCUT2D eigenvalue weighted by molar-refractivity contribution is -0.122. The first-order chi connectivity index (χ1) is 16.0. The Balaban J connectivity index is 1.36. The number of pyridine rings is 1. The third kappa shape index (κ3) is 3.85. The third-order valence-electron chi connectivity index (χ3n) is 6.81. The Labute approximate surface area is 194 Å². The summed E-state index contributed by atoms with van der Waals surface area (Å²) in [7, 11) is 0. The number of aromatic nitrogens is 2. The second-order valence-corrected chi connectivity index (χ2v) is 9.52. The Morgan fingerprint density at radius 3 is 2.79 bits per heavy atom. The number of carbonyl (C=O) groups excluding carboxylic acids is 1. The van der Waals surface area contributed by atoms with Gasteiger partial charge in [-0.05, 0) is 73.6 Å². The van der Waals surface area contributed by atoms with Gasteiger partial charge in [0.15, 0.2) is 0 Å². The maximum Gasteiger partial charge on any atom is 0.255 e. The molecule has 0 spiro atoms. The highest BCUT2D eigenvalue weighted by Crippen LogP contribution is 2.42. The molecule has 1 aliphatic carbocycles. The van der Waals surface area contributed by atoms with Gasteiger partial charge >= 0.3 is 0 Å². The normalized spacial score (nSPS) is 24.7. The molecule has 5 heterocycles. The summed E-state index contributed by atoms with van der Waals surface area (Å²) in [5.74, 6) is 0.550. The van der Waals surface area contributed by atoms with Crippen LogP contribution >= 0.6 is 0 Å². The molecule has 1 amide bonds. The number of amides is 1. The van der Waals surface area contributed by atoms with Crippen LogP contribution in [-0.4, -0.2) is 50.8 Å². The van der Waals surface area contributed by atoms with Gasteiger partial charge in [-0.1, -0.05) is 12.2 Å². The van der Waals surface area contributed by atoms with Gasteiger partial charge in [0.1, 0.15) is 5.65 Å². The molecule has 3 aliphatic heterocycles. The van der Waals surface area contributed by atoms with Gasteiger partial charge in [-0.15, -0.1) is 0 Å². The quantitative estimate of drug-likeness (QED) is 0.788. The minimum atomic E-state index is -0.0273. The number of nitrogens with zero attached hydrogens (tertiary/aromatic N) is 4. The van der Waals surface area contributed by atoms with Crippen LogP contribution in [0.5, 0.6) is 0 Å². The van der Waals surface area contributed by atoms with Crippen molar-refractivity contribution in [3.63, 3.8) is 0 Å². The topological polar surface area (TPSA) is 52.9 Å². The molecular formula is C27H29N5O. The second-order valence-electron chi connectivity index (χ2n) is 9.52. The monoisotopic (exact) mass is 439 g/mol. The summed E-state index contributed by atoms with van der Waals surface area (Å²) in [6, 6.07) is 2.67. The molecule has 0 unspecified atom stereocenters. The van der Waals surface area contributed by atoms with E-state index in [1.165, 1.54) is 18.4 Å². The Kier molecular flexibility index (Phi) is 4.84. The smallest absolute Gasteiger partial charge is 0.255 e. The summed E-state index contributed by atoms with van der Waals surface area (Å²) < 4.78 is 2.12. The largest absolute Gasteiger partial charge is 0.368 e. The zero-order valence-corrected chi connectivity index (χ0v) is 19.2. The van der Waals surface area contributed by atoms with Crippen LogP contribution in [0.4, 0.5) is 0 Å². The highest BCUT2D eigenvalue weighted by molar-refractivity contribution is 6.00. The molecule has 1 N–H and O–H groups in total. The van der Waals surface area contributed by atoms with E-state index in [0.29, 0.717) is 12.0 Å². The number of aryl methyl sites for hydroxylation is 1. The van der Waals surface area contributed by atoms with E-state index in [1.54, 1.807) is 11.0 Å². The van der Waals surface area contributed by atoms with Crippen molar-refractivity contribution >= 4 is 17.1 Å². The molecule has 0 aromatic carbocycles. The lowest BCUT2D eigenvalue weighted by Gasteiger charge is -2.36. The number of allylic oxidation sites excluding steroid dienone is 6. The Hall–Kier alpha value is -3.38. The van der Waals surface area contributed by atoms with Gasteiger partial charge in [0.05, 0.1) is 11.4 Å². The van der Waals surface area contributed by atoms with Crippen LogP contribution < -0.4 is 5.32 Å². The van der Waals surface area contributed by atoms with Gasteiger partial charge in [-0.25, -0.2) is 4.98 Å². The third-order valence-corrected chi connectivity index (χ3v) is 6.81. The van der Waals surface area contributed by atoms with E-state index in [0.717, 1.165) is 53.5 Å². The molecule has 1 saturated heterocycles. The van der Waals surface area contributed by atoms with Crippen LogP contribution in [0.25, 0.3) is 11.2 Å². The SMILES string of the molecule is Cc1cn2cc(C3=CC(=O)N4C=C(N5CCN[C@H](C)C5)C=C/C4=C\C=C3)cc(C3CC3)c2n1. The minimum Gasteiger partial charge on any atom is -0.368 e. The summed E-state index contributed by atoms with van der Waals surface area (Å²) in [4.78, 5) is 22.3. The molecule has 0 radical (unpaired) electrons. The first kappa shape index (κ1) is 20.2. The lowest BCUT2D eigenvalue weighted by Crippen LogP contribution is -2.48. The van der Waals surface area contributed by atoms with Gasteiger partial charge in [0.25, 0.3) is 5.91 Å². The van der Waals surface area contributed by atoms with Crippen LogP contribution in [0.1, 0.15) is 42.5 Å². The van der Waals surface area contributed by atoms with Crippen molar-refractivity contribution < 1.29 is 4.79 Å². The molecular weight excluding hydrogens is 410 g/mol. The summed E-state index contributed by atoms with van der Waals surface area (Å²) in [6.07, 6.45) is 20.6. The molecule has 0 bridgehead atoms. The molecule has 6 nitrogen and oxygen atoms in total. The lowest BCUT2D eigenvalue weighted by atomic mass is 10.0. The van der Waals surface area contributed by atoms with E-state index < -0.39 is 0 Å². The van der Waals surface area contributed by atoms with Crippen molar-refractivity contribution in [1.82, 2.24) is 24.5 Å². The minimum absolute atomic E-state index is 0.0273. The molecule has 1 saturated carbocycles. The molecule has 6 rings (SSSR count). The number of carbonyl (C=O) groups is 1. The van der Waals surface area contributed by atoms with E-state index in [9.17, 15) is 4.79 Å². The van der Waals surface area contributed by atoms with E-state index in [2.05, 4.69) is 46.1 Å². The highest BCUT2D eigenvalue weighted by Gasteiger charge is 2.28. The predicted octanol–water partition coefficient (Wildman–Crippen LogP) is 3.89. The maximum atomic E-state index is 13.4. The molecule has 2 aromatic rings. The molecule has 4 aliphatic rings. The van der Waals surface area contributed by atoms with Crippen molar-refractivity contribution in [3.05, 3.63) is 89.3 Å². The average Bonchev–Trinajstić information content (AvgIpc) is 3.57. The standard InChI is InChI=1S/C27H29N5O/c1-18-14-30(11-10-28-18)24-9-8-23-5-3-4-21(13-26(33)32(23)17-24)22-12-25(20-6-7-20)27-29-19(2)15-31(27)16-22/h3-5,8-9,12-13,15-18,20,28H,6-7,10-11,14H2,1-2H3/b4-3?,21-13?,23-5+/t18-/m1/s1. The zero-order chi connectivity index (χ0) is 22.5. The van der Waals surface area contributed by atoms with E-state index in [-0.39, 0.29) is 5.91 Å². The number of fused-ring (bicyclic) bond motifs is 2. The summed E-state index contributed by atoms with van der Waals surface area (Å²) >= 11 is 0. The van der Waals surface area contributed by atoms with Crippen molar-refractivity contribution in [3.8, 4) is 0 Å². The molecule has 2 aromatic heterocycles. The molecule has 2 fully saturated rings. The van der Waals surface area contributed by atoms with Gasteiger partial charge in [0.2, 0.25) is 0 Å². The summed E-state index contributed by atoms with van der Waals surface area (Å²) in [5.41, 5.74) is 7.29. The van der Waals surface area contributed by atoms with Crippen molar-refractivity contribution in [2.45, 2.75) is 38.6 Å². The molecule has 168 valence electrons. The average molecular weight is 440 g/mol. The van der Waals surface area contributed by atoms with Crippen LogP contribution in [0.3, 0.4) is 0 Å². The number of hydrogen-bond donors (Lipinski definition) is 1. The number of imidazole rings is 1. The first-order valence-corrected chi connectivity index (χ1v) is 11.9. The van der Waals surface area contributed by atoms with Crippen molar-refractivity contribution in [2.75, 3.05) is 19.6 Å². The van der Waals surface area contributed by atoms with Gasteiger partial charge in [-0.2, -0.15) is 0 Å². The fourth-order valence-corrected chi connectivity index (χ4v) is 4.96. The summed E-state index contributed by atoms with van der Waals surface area (Å²) in [5, 5.41) is 3.48. The fraction of sp³-hybridized carbons (Fsp3) is 0.333. The van der Waals surface area contributed by atoms with Gasteiger partial charge in [0, 0.05) is 56.0 Å². The molecule has 33 heavy (non-hydrogen) atoms. The number of hydrogen-bond acceptors (Lipinski definition) is 4. The predicted molar refractivity (Wildman–Crippen MR) is 130 cm³/mol. The second kappa shape index (κ2) is 7.89. The first-order valence-electron chi connectivity index (χ1n) is 11.9. The van der Waals surface area contributed by atoms with Gasteiger partial charge in [-0.3, -0.25) is 9.69 Å². The number of rotatable bonds is 3. The molecule has 1 atom stereocenters. The van der Waals surface area contributed by atoms with Crippen molar-refractivity contribution in [2.24, 2.45) is 0 Å². The number of nitrogens with one attached hydrogen (secondary N) is 1. The fourth-order valence-electron chi connectivity index (χ4n) is 4.96. The van der Waals surface area contributed by atoms with Crippen LogP contribution in [0.15, 0.2) is 72.5 Å². The zero-order valence-electron chi connectivity index (χ0n) is 19.2. The number of piperazine rings is 1. The van der Waals surface area contributed by atoms with Crippen LogP contribution in [0.2, 0.25) is 0 Å². The maximum absolute atomic E-state index is 13.4. The molecule has 6 heteroatoms. The Bertz CT molecular complexity index is 1290. The Morgan fingerprint density at radius 1 is 1.12 bits per heavy atom. The highest BCUT2D eigenvalue weighted by atomic mass is 16.2. The van der Waals surface area contributed by atoms with Gasteiger partial charge < -0.3 is 14.6 Å². The Morgan fingerprint density at radius 2 is 1.97 bits per heavy atom. The van der Waals surface area contributed by atoms with E-state index >= 15 is 0 Å². The van der Waals surface area contributed by atoms with E-state index in [4.69, 9.17) is 4.98 Å². The van der Waals surface area contributed by atoms with E-state index in [1.807, 2.05) is 37.4 Å².